The quantitative estimate of drug-likeness (QED) is 0.840. The van der Waals surface area contributed by atoms with Gasteiger partial charge < -0.3 is 19.9 Å². The number of phenols is 1. The van der Waals surface area contributed by atoms with Gasteiger partial charge in [-0.3, -0.25) is 0 Å². The number of hydrogen-bond donors (Lipinski definition) is 2. The van der Waals surface area contributed by atoms with Crippen LogP contribution < -0.4 is 14.8 Å². The predicted octanol–water partition coefficient (Wildman–Crippen LogP) is 2.35. The normalized spacial score (nSPS) is 18.8. The molecule has 0 aliphatic carbocycles. The van der Waals surface area contributed by atoms with Crippen molar-refractivity contribution >= 4 is 23.5 Å². The van der Waals surface area contributed by atoms with Gasteiger partial charge in [0.1, 0.15) is 0 Å². The van der Waals surface area contributed by atoms with Gasteiger partial charge in [0, 0.05) is 35.6 Å². The van der Waals surface area contributed by atoms with Crippen LogP contribution in [0.5, 0.6) is 17.2 Å². The SMILES string of the molecule is COc1cc(CNCC2CSCCS2)cc(OC)c1O. The monoisotopic (exact) mass is 315 g/mol. The minimum Gasteiger partial charge on any atom is -0.502 e. The van der Waals surface area contributed by atoms with Crippen LogP contribution >= 0.6 is 23.5 Å². The van der Waals surface area contributed by atoms with Crippen LogP contribution in [0.25, 0.3) is 0 Å². The molecule has 0 bridgehead atoms. The van der Waals surface area contributed by atoms with E-state index in [0.29, 0.717) is 16.7 Å². The number of methoxy groups -OCH3 is 2. The van der Waals surface area contributed by atoms with Gasteiger partial charge in [0.05, 0.1) is 14.2 Å². The van der Waals surface area contributed by atoms with E-state index in [1.807, 2.05) is 35.7 Å². The molecule has 1 unspecified atom stereocenters. The largest absolute Gasteiger partial charge is 0.502 e. The van der Waals surface area contributed by atoms with Gasteiger partial charge in [0.25, 0.3) is 0 Å². The molecule has 0 amide bonds. The Kier molecular flexibility index (Phi) is 6.19. The third kappa shape index (κ3) is 4.14. The van der Waals surface area contributed by atoms with Gasteiger partial charge in [-0.2, -0.15) is 23.5 Å². The van der Waals surface area contributed by atoms with Gasteiger partial charge >= 0.3 is 0 Å². The average molecular weight is 315 g/mol. The number of benzene rings is 1. The first-order valence-electron chi connectivity index (χ1n) is 6.58. The molecule has 4 nitrogen and oxygen atoms in total. The lowest BCUT2D eigenvalue weighted by Crippen LogP contribution is -2.28. The smallest absolute Gasteiger partial charge is 0.200 e. The number of ether oxygens (including phenoxy) is 2. The fourth-order valence-corrected chi connectivity index (χ4v) is 4.73. The minimum absolute atomic E-state index is 0.0537. The second-order valence-corrected chi connectivity index (χ2v) is 7.11. The Labute approximate surface area is 128 Å². The van der Waals surface area contributed by atoms with E-state index in [1.165, 1.54) is 17.3 Å². The van der Waals surface area contributed by atoms with Crippen molar-refractivity contribution in [2.75, 3.05) is 38.0 Å². The van der Waals surface area contributed by atoms with Crippen LogP contribution in [0.4, 0.5) is 0 Å². The second kappa shape index (κ2) is 7.90. The molecular formula is C14H21NO3S2. The van der Waals surface area contributed by atoms with Crippen LogP contribution in [0.2, 0.25) is 0 Å². The van der Waals surface area contributed by atoms with Gasteiger partial charge in [-0.25, -0.2) is 0 Å². The first kappa shape index (κ1) is 15.7. The van der Waals surface area contributed by atoms with Crippen LogP contribution in [0, 0.1) is 0 Å². The first-order valence-corrected chi connectivity index (χ1v) is 8.79. The van der Waals surface area contributed by atoms with E-state index in [0.717, 1.165) is 18.7 Å². The molecule has 1 aromatic rings. The summed E-state index contributed by atoms with van der Waals surface area (Å²) in [7, 11) is 3.09. The predicted molar refractivity (Wildman–Crippen MR) is 86.5 cm³/mol. The highest BCUT2D eigenvalue weighted by Gasteiger charge is 2.14. The topological polar surface area (TPSA) is 50.7 Å². The van der Waals surface area contributed by atoms with Crippen LogP contribution in [0.1, 0.15) is 5.56 Å². The van der Waals surface area contributed by atoms with Crippen LogP contribution in [0.3, 0.4) is 0 Å². The van der Waals surface area contributed by atoms with Crippen molar-refractivity contribution < 1.29 is 14.6 Å². The molecule has 0 radical (unpaired) electrons. The van der Waals surface area contributed by atoms with E-state index in [9.17, 15) is 5.11 Å². The molecule has 1 atom stereocenters. The van der Waals surface area contributed by atoms with E-state index >= 15 is 0 Å². The maximum atomic E-state index is 9.87. The van der Waals surface area contributed by atoms with Crippen LogP contribution in [-0.4, -0.2) is 48.4 Å². The number of thioether (sulfide) groups is 2. The lowest BCUT2D eigenvalue weighted by atomic mass is 10.2. The highest BCUT2D eigenvalue weighted by molar-refractivity contribution is 8.06. The third-order valence-electron chi connectivity index (χ3n) is 3.13. The van der Waals surface area contributed by atoms with Crippen molar-refractivity contribution in [3.05, 3.63) is 17.7 Å². The fraction of sp³-hybridized carbons (Fsp3) is 0.571. The molecule has 1 saturated heterocycles. The molecule has 1 aliphatic heterocycles. The first-order chi connectivity index (χ1) is 9.74. The molecular weight excluding hydrogens is 294 g/mol. The van der Waals surface area contributed by atoms with E-state index < -0.39 is 0 Å². The van der Waals surface area contributed by atoms with E-state index in [4.69, 9.17) is 9.47 Å². The van der Waals surface area contributed by atoms with Crippen molar-refractivity contribution in [1.29, 1.82) is 0 Å². The van der Waals surface area contributed by atoms with Crippen molar-refractivity contribution in [3.8, 4) is 17.2 Å². The molecule has 1 heterocycles. The van der Waals surface area contributed by atoms with Crippen molar-refractivity contribution in [3.63, 3.8) is 0 Å². The lowest BCUT2D eigenvalue weighted by molar-refractivity contribution is 0.339. The number of aromatic hydroxyl groups is 1. The highest BCUT2D eigenvalue weighted by atomic mass is 32.2. The molecule has 6 heteroatoms. The molecule has 1 aliphatic rings. The summed E-state index contributed by atoms with van der Waals surface area (Å²) in [6.45, 7) is 1.75. The molecule has 0 spiro atoms. The van der Waals surface area contributed by atoms with Crippen molar-refractivity contribution in [1.82, 2.24) is 5.32 Å². The van der Waals surface area contributed by atoms with Crippen molar-refractivity contribution in [2.45, 2.75) is 11.8 Å². The average Bonchev–Trinajstić information content (AvgIpc) is 2.49. The van der Waals surface area contributed by atoms with Crippen molar-refractivity contribution in [2.24, 2.45) is 0 Å². The zero-order valence-electron chi connectivity index (χ0n) is 11.8. The zero-order valence-corrected chi connectivity index (χ0v) is 13.5. The molecule has 0 saturated carbocycles. The second-order valence-electron chi connectivity index (χ2n) is 4.55. The maximum absolute atomic E-state index is 9.87. The molecule has 0 aromatic heterocycles. The van der Waals surface area contributed by atoms with E-state index in [1.54, 1.807) is 14.2 Å². The standard InChI is InChI=1S/C14H21NO3S2/c1-17-12-5-10(6-13(18-2)14(12)16)7-15-8-11-9-19-3-4-20-11/h5-6,11,15-16H,3-4,7-9H2,1-2H3. The summed E-state index contributed by atoms with van der Waals surface area (Å²) < 4.78 is 10.3. The molecule has 2 rings (SSSR count). The summed E-state index contributed by atoms with van der Waals surface area (Å²) in [5.74, 6) is 4.69. The Morgan fingerprint density at radius 2 is 1.95 bits per heavy atom. The Balaban J connectivity index is 1.91. The van der Waals surface area contributed by atoms with E-state index in [2.05, 4.69) is 5.32 Å². The summed E-state index contributed by atoms with van der Waals surface area (Å²) in [4.78, 5) is 0. The molecule has 1 aromatic carbocycles. The van der Waals surface area contributed by atoms with Crippen LogP contribution in [0.15, 0.2) is 12.1 Å². The molecule has 1 fully saturated rings. The summed E-state index contributed by atoms with van der Waals surface area (Å²) in [6, 6.07) is 3.68. The zero-order chi connectivity index (χ0) is 14.4. The number of nitrogens with one attached hydrogen (secondary N) is 1. The van der Waals surface area contributed by atoms with Gasteiger partial charge in [-0.1, -0.05) is 0 Å². The molecule has 2 N–H and O–H groups in total. The summed E-state index contributed by atoms with van der Waals surface area (Å²) in [6.07, 6.45) is 0. The number of rotatable bonds is 6. The lowest BCUT2D eigenvalue weighted by Gasteiger charge is -2.21. The summed E-state index contributed by atoms with van der Waals surface area (Å²) >= 11 is 4.07. The minimum atomic E-state index is 0.0537. The van der Waals surface area contributed by atoms with Gasteiger partial charge in [-0.15, -0.1) is 0 Å². The Morgan fingerprint density at radius 1 is 1.25 bits per heavy atom. The fourth-order valence-electron chi connectivity index (χ4n) is 2.08. The molecule has 112 valence electrons. The summed E-state index contributed by atoms with van der Waals surface area (Å²) in [5.41, 5.74) is 1.05. The van der Waals surface area contributed by atoms with Gasteiger partial charge in [0.2, 0.25) is 5.75 Å². The Bertz CT molecular complexity index is 411. The third-order valence-corrected chi connectivity index (χ3v) is 5.97. The Hall–Kier alpha value is -0.720. The molecule has 20 heavy (non-hydrogen) atoms. The number of hydrogen-bond acceptors (Lipinski definition) is 6. The highest BCUT2D eigenvalue weighted by Crippen LogP contribution is 2.37. The summed E-state index contributed by atoms with van der Waals surface area (Å²) in [5, 5.41) is 14.0. The van der Waals surface area contributed by atoms with Crippen LogP contribution in [-0.2, 0) is 6.54 Å². The Morgan fingerprint density at radius 3 is 2.50 bits per heavy atom. The van der Waals surface area contributed by atoms with Gasteiger partial charge in [0.15, 0.2) is 11.5 Å². The maximum Gasteiger partial charge on any atom is 0.200 e. The van der Waals surface area contributed by atoms with E-state index in [-0.39, 0.29) is 5.75 Å². The van der Waals surface area contributed by atoms with Gasteiger partial charge in [-0.05, 0) is 17.7 Å². The number of phenolic OH excluding ortho intramolecular Hbond substituents is 1.